The van der Waals surface area contributed by atoms with Crippen molar-refractivity contribution in [3.8, 4) is 0 Å². The molecule has 0 radical (unpaired) electrons. The van der Waals surface area contributed by atoms with Gasteiger partial charge in [0.2, 0.25) is 0 Å². The van der Waals surface area contributed by atoms with E-state index in [2.05, 4.69) is 79.1 Å². The molecule has 322 valence electrons. The number of allylic oxidation sites excluding steroid dienone is 14. The molecule has 0 saturated heterocycles. The molecule has 0 amide bonds. The summed E-state index contributed by atoms with van der Waals surface area (Å²) in [7, 11) is -4.77. The Hall–Kier alpha value is -3.64. The number of esters is 2. The number of aliphatic hydroxyl groups excluding tert-OH is 1. The second-order valence-electron chi connectivity index (χ2n) is 13.2. The number of carbonyl (C=O) groups is 3. The first-order chi connectivity index (χ1) is 27.5. The molecular weight excluding hydrogens is 749 g/mol. The third-order valence-electron chi connectivity index (χ3n) is 7.90. The second kappa shape index (κ2) is 37.9. The number of nitrogens with two attached hydrogens (primary N) is 1. The van der Waals surface area contributed by atoms with E-state index in [0.29, 0.717) is 25.7 Å². The quantitative estimate of drug-likeness (QED) is 0.0154. The Kier molecular flexibility index (Phi) is 35.5. The summed E-state index contributed by atoms with van der Waals surface area (Å²) >= 11 is 0. The fourth-order valence-corrected chi connectivity index (χ4v) is 5.43. The monoisotopic (exact) mass is 819 g/mol. The van der Waals surface area contributed by atoms with Crippen molar-refractivity contribution >= 4 is 25.7 Å². The van der Waals surface area contributed by atoms with E-state index in [1.54, 1.807) is 18.2 Å². The number of carbonyl (C=O) groups excluding carboxylic acids is 2. The predicted octanol–water partition coefficient (Wildman–Crippen LogP) is 9.47. The van der Waals surface area contributed by atoms with E-state index in [1.165, 1.54) is 19.3 Å². The Morgan fingerprint density at radius 3 is 1.81 bits per heavy atom. The van der Waals surface area contributed by atoms with Crippen LogP contribution in [0, 0.1) is 0 Å². The van der Waals surface area contributed by atoms with Crippen LogP contribution in [0.3, 0.4) is 0 Å². The summed E-state index contributed by atoms with van der Waals surface area (Å²) in [5, 5.41) is 19.0. The highest BCUT2D eigenvalue weighted by atomic mass is 31.2. The van der Waals surface area contributed by atoms with Crippen LogP contribution in [0.1, 0.15) is 123 Å². The maximum atomic E-state index is 12.6. The Balaban J connectivity index is 4.69. The molecule has 2 unspecified atom stereocenters. The number of ether oxygens (including phenoxy) is 2. The van der Waals surface area contributed by atoms with Gasteiger partial charge in [0.1, 0.15) is 12.6 Å². The van der Waals surface area contributed by atoms with Crippen molar-refractivity contribution in [3.05, 3.63) is 97.2 Å². The molecule has 12 nitrogen and oxygen atoms in total. The van der Waals surface area contributed by atoms with Crippen LogP contribution in [0.25, 0.3) is 0 Å². The first-order valence-corrected chi connectivity index (χ1v) is 21.9. The summed E-state index contributed by atoms with van der Waals surface area (Å²) in [5.41, 5.74) is 5.31. The second-order valence-corrected chi connectivity index (χ2v) is 14.7. The highest BCUT2D eigenvalue weighted by Gasteiger charge is 2.28. The van der Waals surface area contributed by atoms with E-state index in [-0.39, 0.29) is 12.8 Å². The van der Waals surface area contributed by atoms with E-state index in [9.17, 15) is 28.9 Å². The zero-order chi connectivity index (χ0) is 42.2. The fraction of sp³-hybridized carbons (Fsp3) is 0.568. The maximum absolute atomic E-state index is 12.6. The Morgan fingerprint density at radius 2 is 1.19 bits per heavy atom. The van der Waals surface area contributed by atoms with E-state index in [0.717, 1.165) is 51.4 Å². The average Bonchev–Trinajstić information content (AvgIpc) is 3.18. The summed E-state index contributed by atoms with van der Waals surface area (Å²) in [6, 6.07) is -1.55. The lowest BCUT2D eigenvalue weighted by Crippen LogP contribution is -2.34. The molecule has 57 heavy (non-hydrogen) atoms. The average molecular weight is 820 g/mol. The molecule has 13 heteroatoms. The highest BCUT2D eigenvalue weighted by Crippen LogP contribution is 2.43. The van der Waals surface area contributed by atoms with Crippen molar-refractivity contribution in [1.29, 1.82) is 0 Å². The SMILES string of the molecule is CC/C=C\C/C=C\C/C=C\C/C=C\CCCCC(=O)OC[C@H](COP(=O)(O)OC[C@H](N)C(=O)O)OC(=O)CCC/C=C/C=C\C(O)C/C=C\C/C=C\CCCCC. The number of carboxylic acid groups (broad SMARTS) is 1. The minimum absolute atomic E-state index is 0.0109. The lowest BCUT2D eigenvalue weighted by atomic mass is 10.2. The number of phosphoric acid groups is 1. The predicted molar refractivity (Wildman–Crippen MR) is 227 cm³/mol. The lowest BCUT2D eigenvalue weighted by molar-refractivity contribution is -0.161. The summed E-state index contributed by atoms with van der Waals surface area (Å²) in [4.78, 5) is 45.8. The van der Waals surface area contributed by atoms with E-state index < -0.39 is 63.8 Å². The summed E-state index contributed by atoms with van der Waals surface area (Å²) < 4.78 is 32.5. The molecule has 0 rings (SSSR count). The first kappa shape index (κ1) is 53.4. The van der Waals surface area contributed by atoms with Crippen LogP contribution in [0.5, 0.6) is 0 Å². The molecule has 0 aromatic heterocycles. The minimum Gasteiger partial charge on any atom is -0.480 e. The standard InChI is InChI=1S/C44H70NO11P/c1-3-5-7-9-11-13-14-15-16-17-18-20-22-26-30-34-42(47)53-36-40(37-54-57(51,52)55-38-41(45)44(49)50)56-43(48)35-31-27-23-25-29-33-39(46)32-28-24-21-19-12-10-8-6-4-2/h5,7,11-13,15-16,18-20,23-25,28-29,33,39-41,46H,3-4,6,8-10,14,17,21-22,26-27,30-32,34-38,45H2,1-2H3,(H,49,50)(H,51,52)/b7-5-,13-11-,16-15-,19-12-,20-18-,25-23+,28-24-,33-29-/t39?,40-,41+/m1/s1. The van der Waals surface area contributed by atoms with Gasteiger partial charge >= 0.3 is 25.7 Å². The number of aliphatic hydroxyl groups is 1. The topological polar surface area (TPSA) is 192 Å². The summed E-state index contributed by atoms with van der Waals surface area (Å²) in [6.45, 7) is 2.43. The maximum Gasteiger partial charge on any atom is 0.472 e. The van der Waals surface area contributed by atoms with Crippen molar-refractivity contribution in [3.63, 3.8) is 0 Å². The van der Waals surface area contributed by atoms with Gasteiger partial charge in [0.25, 0.3) is 0 Å². The number of hydrogen-bond donors (Lipinski definition) is 4. The van der Waals surface area contributed by atoms with Gasteiger partial charge in [-0.05, 0) is 83.5 Å². The van der Waals surface area contributed by atoms with Gasteiger partial charge in [-0.25, -0.2) is 4.57 Å². The number of hydrogen-bond acceptors (Lipinski definition) is 10. The van der Waals surface area contributed by atoms with E-state index >= 15 is 0 Å². The number of aliphatic carboxylic acids is 1. The van der Waals surface area contributed by atoms with Gasteiger partial charge in [-0.1, -0.05) is 124 Å². The number of carboxylic acids is 1. The van der Waals surface area contributed by atoms with Gasteiger partial charge in [0, 0.05) is 12.8 Å². The molecule has 0 aliphatic carbocycles. The van der Waals surface area contributed by atoms with Gasteiger partial charge in [0.15, 0.2) is 6.10 Å². The molecule has 0 aliphatic heterocycles. The van der Waals surface area contributed by atoms with Crippen LogP contribution in [0.15, 0.2) is 97.2 Å². The van der Waals surface area contributed by atoms with Crippen LogP contribution in [0.2, 0.25) is 0 Å². The number of rotatable bonds is 36. The molecule has 0 aromatic carbocycles. The van der Waals surface area contributed by atoms with Crippen molar-refractivity contribution in [1.82, 2.24) is 0 Å². The molecule has 0 aromatic rings. The molecule has 0 saturated carbocycles. The van der Waals surface area contributed by atoms with Crippen LogP contribution < -0.4 is 5.73 Å². The summed E-state index contributed by atoms with van der Waals surface area (Å²) in [5.74, 6) is -2.60. The van der Waals surface area contributed by atoms with Crippen LogP contribution in [0.4, 0.5) is 0 Å². The van der Waals surface area contributed by atoms with Gasteiger partial charge in [-0.15, -0.1) is 0 Å². The van der Waals surface area contributed by atoms with E-state index in [4.69, 9.17) is 24.8 Å². The van der Waals surface area contributed by atoms with Crippen molar-refractivity contribution in [2.24, 2.45) is 5.73 Å². The Labute approximate surface area is 341 Å². The van der Waals surface area contributed by atoms with E-state index in [1.807, 2.05) is 18.2 Å². The third-order valence-corrected chi connectivity index (χ3v) is 8.85. The summed E-state index contributed by atoms with van der Waals surface area (Å²) in [6.07, 6.45) is 43.7. The lowest BCUT2D eigenvalue weighted by Gasteiger charge is -2.20. The minimum atomic E-state index is -4.77. The van der Waals surface area contributed by atoms with Crippen molar-refractivity contribution in [2.75, 3.05) is 19.8 Å². The molecular formula is C44H70NO11P. The molecule has 4 atom stereocenters. The molecule has 0 bridgehead atoms. The Bertz CT molecular complexity index is 1350. The number of unbranched alkanes of at least 4 members (excludes halogenated alkanes) is 6. The van der Waals surface area contributed by atoms with Gasteiger partial charge < -0.3 is 30.3 Å². The van der Waals surface area contributed by atoms with Gasteiger partial charge in [0.05, 0.1) is 19.3 Å². The molecule has 5 N–H and O–H groups in total. The van der Waals surface area contributed by atoms with Gasteiger partial charge in [-0.3, -0.25) is 23.4 Å². The van der Waals surface area contributed by atoms with Crippen LogP contribution in [-0.4, -0.2) is 71.1 Å². The molecule has 0 spiro atoms. The molecule has 0 aliphatic rings. The zero-order valence-electron chi connectivity index (χ0n) is 34.2. The third kappa shape index (κ3) is 37.7. The Morgan fingerprint density at radius 1 is 0.649 bits per heavy atom. The van der Waals surface area contributed by atoms with Crippen LogP contribution in [-0.2, 0) is 37.5 Å². The van der Waals surface area contributed by atoms with Gasteiger partial charge in [-0.2, -0.15) is 0 Å². The first-order valence-electron chi connectivity index (χ1n) is 20.4. The fourth-order valence-electron chi connectivity index (χ4n) is 4.66. The van der Waals surface area contributed by atoms with Crippen LogP contribution >= 0.6 is 7.82 Å². The zero-order valence-corrected chi connectivity index (χ0v) is 35.1. The van der Waals surface area contributed by atoms with Crippen molar-refractivity contribution < 1.29 is 52.6 Å². The molecule has 0 fully saturated rings. The smallest absolute Gasteiger partial charge is 0.472 e. The highest BCUT2D eigenvalue weighted by molar-refractivity contribution is 7.47. The molecule has 0 heterocycles. The largest absolute Gasteiger partial charge is 0.480 e. The van der Waals surface area contributed by atoms with Crippen molar-refractivity contribution in [2.45, 2.75) is 141 Å². The number of phosphoric ester groups is 1. The normalized spacial score (nSPS) is 15.3.